The first-order valence-electron chi connectivity index (χ1n) is 9.19. The molecule has 144 valence electrons. The van der Waals surface area contributed by atoms with Crippen LogP contribution in [-0.4, -0.2) is 15.7 Å². The lowest BCUT2D eigenvalue weighted by Gasteiger charge is -2.26. The summed E-state index contributed by atoms with van der Waals surface area (Å²) in [5.41, 5.74) is 2.58. The minimum absolute atomic E-state index is 0.0730. The van der Waals surface area contributed by atoms with E-state index in [9.17, 15) is 9.50 Å². The van der Waals surface area contributed by atoms with Gasteiger partial charge in [0.05, 0.1) is 11.4 Å². The number of rotatable bonds is 4. The fraction of sp³-hybridized carbons (Fsp3) is 0.0870. The highest BCUT2D eigenvalue weighted by Crippen LogP contribution is 2.27. The minimum atomic E-state index is -0.318. The molecule has 6 heteroatoms. The first-order chi connectivity index (χ1) is 14.1. The van der Waals surface area contributed by atoms with Crippen molar-refractivity contribution in [1.29, 1.82) is 5.41 Å². The topological polar surface area (TPSA) is 84.7 Å². The second kappa shape index (κ2) is 8.06. The molecule has 2 N–H and O–H groups in total. The summed E-state index contributed by atoms with van der Waals surface area (Å²) >= 11 is 0. The van der Waals surface area contributed by atoms with E-state index < -0.39 is 0 Å². The van der Waals surface area contributed by atoms with Gasteiger partial charge in [0.25, 0.3) is 0 Å². The average molecular weight is 385 g/mol. The summed E-state index contributed by atoms with van der Waals surface area (Å²) in [4.78, 5) is 8.68. The van der Waals surface area contributed by atoms with Gasteiger partial charge in [0.2, 0.25) is 5.95 Å². The number of hydrogen-bond donors (Lipinski definition) is 2. The van der Waals surface area contributed by atoms with Crippen molar-refractivity contribution < 1.29 is 9.50 Å². The third kappa shape index (κ3) is 4.21. The van der Waals surface area contributed by atoms with Gasteiger partial charge in [-0.25, -0.2) is 14.4 Å². The maximum atomic E-state index is 13.1. The molecule has 1 aromatic heterocycles. The molecule has 5 nitrogen and oxygen atoms in total. The molecule has 1 aromatic carbocycles. The van der Waals surface area contributed by atoms with E-state index in [0.717, 1.165) is 5.57 Å². The van der Waals surface area contributed by atoms with Crippen LogP contribution in [0.2, 0.25) is 0 Å². The smallest absolute Gasteiger partial charge is 0.227 e. The number of nitrogens with one attached hydrogen (secondary N) is 2. The Kier molecular flexibility index (Phi) is 5.16. The molecule has 1 atom stereocenters. The van der Waals surface area contributed by atoms with E-state index in [4.69, 9.17) is 5.41 Å². The molecule has 0 radical (unpaired) electrons. The molecule has 2 aliphatic rings. The Bertz CT molecular complexity index is 1090. The van der Waals surface area contributed by atoms with Gasteiger partial charge in [0.15, 0.2) is 0 Å². The van der Waals surface area contributed by atoms with E-state index in [0.29, 0.717) is 29.3 Å². The molecule has 4 rings (SSSR count). The van der Waals surface area contributed by atoms with Crippen LogP contribution in [0.5, 0.6) is 0 Å². The van der Waals surface area contributed by atoms with Crippen LogP contribution in [0, 0.1) is 17.1 Å². The van der Waals surface area contributed by atoms with Gasteiger partial charge in [0.1, 0.15) is 5.82 Å². The Morgan fingerprint density at radius 1 is 1.14 bits per heavy atom. The standard InChI is InChI=1S/C23H19FN4O/c24-17-7-9-18(10-8-17)27-23-26-13-12-21(28-23)16-6-11-20(25)19(14-16)22(29)15-4-2-1-3-5-15/h1-4,6-15,25,29H,5H2,(H,26,27,28)/p-1/b22-19-,25-20?. The lowest BCUT2D eigenvalue weighted by atomic mass is 9.90. The number of halogens is 1. The van der Waals surface area contributed by atoms with Crippen LogP contribution in [0.3, 0.4) is 0 Å². The number of aromatic nitrogens is 2. The van der Waals surface area contributed by atoms with E-state index in [1.807, 2.05) is 24.3 Å². The highest BCUT2D eigenvalue weighted by Gasteiger charge is 2.15. The zero-order valence-electron chi connectivity index (χ0n) is 15.5. The summed E-state index contributed by atoms with van der Waals surface area (Å²) < 4.78 is 13.1. The van der Waals surface area contributed by atoms with Crippen LogP contribution in [0.4, 0.5) is 16.0 Å². The Hall–Kier alpha value is -3.80. The fourth-order valence-electron chi connectivity index (χ4n) is 3.12. The van der Waals surface area contributed by atoms with Crippen molar-refractivity contribution in [3.63, 3.8) is 0 Å². The third-order valence-electron chi connectivity index (χ3n) is 4.65. The van der Waals surface area contributed by atoms with Crippen LogP contribution in [0.15, 0.2) is 90.4 Å². The molecule has 1 unspecified atom stereocenters. The molecule has 0 saturated carbocycles. The number of allylic oxidation sites excluding steroid dienone is 9. The zero-order valence-corrected chi connectivity index (χ0v) is 15.5. The fourth-order valence-corrected chi connectivity index (χ4v) is 3.12. The van der Waals surface area contributed by atoms with Crippen molar-refractivity contribution in [2.24, 2.45) is 5.92 Å². The number of nitrogens with zero attached hydrogens (tertiary/aromatic N) is 2. The highest BCUT2D eigenvalue weighted by atomic mass is 19.1. The van der Waals surface area contributed by atoms with Crippen LogP contribution in [-0.2, 0) is 0 Å². The number of benzene rings is 1. The highest BCUT2D eigenvalue weighted by molar-refractivity contribution is 6.13. The summed E-state index contributed by atoms with van der Waals surface area (Å²) in [6.45, 7) is 0. The second-order valence-electron chi connectivity index (χ2n) is 6.68. The minimum Gasteiger partial charge on any atom is -0.875 e. The first-order valence-corrected chi connectivity index (χ1v) is 9.19. The normalized spacial score (nSPS) is 19.8. The van der Waals surface area contributed by atoms with E-state index >= 15 is 0 Å². The van der Waals surface area contributed by atoms with E-state index in [-0.39, 0.29) is 23.2 Å². The molecule has 0 fully saturated rings. The second-order valence-corrected chi connectivity index (χ2v) is 6.68. The Morgan fingerprint density at radius 2 is 1.97 bits per heavy atom. The predicted octanol–water partition coefficient (Wildman–Crippen LogP) is 4.08. The molecule has 1 heterocycles. The summed E-state index contributed by atoms with van der Waals surface area (Å²) in [7, 11) is 0. The van der Waals surface area contributed by atoms with Crippen LogP contribution in [0.1, 0.15) is 12.1 Å². The summed E-state index contributed by atoms with van der Waals surface area (Å²) in [6, 6.07) is 7.65. The largest absolute Gasteiger partial charge is 0.875 e. The molecule has 0 spiro atoms. The van der Waals surface area contributed by atoms with Crippen molar-refractivity contribution in [3.8, 4) is 0 Å². The lowest BCUT2D eigenvalue weighted by Crippen LogP contribution is -2.20. The van der Waals surface area contributed by atoms with Gasteiger partial charge in [-0.2, -0.15) is 0 Å². The van der Waals surface area contributed by atoms with Gasteiger partial charge < -0.3 is 15.8 Å². The maximum Gasteiger partial charge on any atom is 0.227 e. The van der Waals surface area contributed by atoms with Crippen molar-refractivity contribution in [2.45, 2.75) is 6.42 Å². The van der Waals surface area contributed by atoms with Crippen LogP contribution in [0.25, 0.3) is 5.57 Å². The first kappa shape index (κ1) is 18.6. The van der Waals surface area contributed by atoms with Crippen molar-refractivity contribution >= 4 is 22.9 Å². The van der Waals surface area contributed by atoms with Crippen LogP contribution >= 0.6 is 0 Å². The van der Waals surface area contributed by atoms with E-state index in [1.165, 1.54) is 12.1 Å². The van der Waals surface area contributed by atoms with Gasteiger partial charge in [0, 0.05) is 17.5 Å². The number of anilines is 2. The Labute approximate surface area is 167 Å². The van der Waals surface area contributed by atoms with Gasteiger partial charge in [-0.15, -0.1) is 5.76 Å². The predicted molar refractivity (Wildman–Crippen MR) is 110 cm³/mol. The summed E-state index contributed by atoms with van der Waals surface area (Å²) in [6.07, 6.45) is 14.9. The molecular formula is C23H18FN4O-. The van der Waals surface area contributed by atoms with E-state index in [1.54, 1.807) is 42.6 Å². The molecule has 0 amide bonds. The van der Waals surface area contributed by atoms with Gasteiger partial charge in [-0.1, -0.05) is 30.4 Å². The molecule has 2 aromatic rings. The molecule has 29 heavy (non-hydrogen) atoms. The van der Waals surface area contributed by atoms with Crippen molar-refractivity contribution in [2.75, 3.05) is 5.32 Å². The van der Waals surface area contributed by atoms with Crippen LogP contribution < -0.4 is 10.4 Å². The summed E-state index contributed by atoms with van der Waals surface area (Å²) in [5.74, 6) is -0.282. The van der Waals surface area contributed by atoms with Gasteiger partial charge in [-0.3, -0.25) is 0 Å². The molecule has 0 aliphatic heterocycles. The maximum absolute atomic E-state index is 13.1. The van der Waals surface area contributed by atoms with Crippen molar-refractivity contribution in [1.82, 2.24) is 9.97 Å². The van der Waals surface area contributed by atoms with E-state index in [2.05, 4.69) is 15.3 Å². The lowest BCUT2D eigenvalue weighted by molar-refractivity contribution is -0.313. The Balaban J connectivity index is 1.62. The Morgan fingerprint density at radius 3 is 2.72 bits per heavy atom. The molecule has 2 aliphatic carbocycles. The third-order valence-corrected chi connectivity index (χ3v) is 4.65. The van der Waals surface area contributed by atoms with Gasteiger partial charge in [-0.05, 0) is 60.4 Å². The SMILES string of the molecule is N=C1C=CC(c2ccnc(Nc3ccc(F)cc3)n2)=C/C1=C(/[O-])C1C=CC=CC1. The number of hydrogen-bond acceptors (Lipinski definition) is 5. The molecular weight excluding hydrogens is 367 g/mol. The van der Waals surface area contributed by atoms with Gasteiger partial charge >= 0.3 is 0 Å². The molecule has 0 bridgehead atoms. The van der Waals surface area contributed by atoms with Crippen molar-refractivity contribution in [3.05, 3.63) is 102 Å². The zero-order chi connectivity index (χ0) is 20.2. The average Bonchev–Trinajstić information content (AvgIpc) is 2.76. The quantitative estimate of drug-likeness (QED) is 0.777. The summed E-state index contributed by atoms with van der Waals surface area (Å²) in [5, 5.41) is 24.0. The monoisotopic (exact) mass is 385 g/mol. The molecule has 0 saturated heterocycles.